The number of nitrogens with zero attached hydrogens (tertiary/aromatic N) is 2. The first-order chi connectivity index (χ1) is 13.8. The van der Waals surface area contributed by atoms with E-state index in [2.05, 4.69) is 5.32 Å². The Morgan fingerprint density at radius 2 is 1.69 bits per heavy atom. The molecular weight excluding hydrogens is 423 g/mol. The SMILES string of the molecule is CC(C(=O)Nc1ccc(Cl)cc1Cl)N1CCN(C(=O)c2ccc(F)c(F)c2)CC1. The Morgan fingerprint density at radius 1 is 1.00 bits per heavy atom. The number of amides is 2. The summed E-state index contributed by atoms with van der Waals surface area (Å²) in [6.45, 7) is 3.46. The predicted molar refractivity (Wildman–Crippen MR) is 108 cm³/mol. The summed E-state index contributed by atoms with van der Waals surface area (Å²) in [7, 11) is 0. The number of carbonyl (C=O) groups is 2. The van der Waals surface area contributed by atoms with Crippen molar-refractivity contribution in [2.45, 2.75) is 13.0 Å². The van der Waals surface area contributed by atoms with Gasteiger partial charge >= 0.3 is 0 Å². The molecule has 1 heterocycles. The van der Waals surface area contributed by atoms with Crippen LogP contribution in [0.1, 0.15) is 17.3 Å². The second kappa shape index (κ2) is 9.07. The average Bonchev–Trinajstić information content (AvgIpc) is 2.71. The van der Waals surface area contributed by atoms with Crippen molar-refractivity contribution in [3.8, 4) is 0 Å². The van der Waals surface area contributed by atoms with Crippen LogP contribution in [0.15, 0.2) is 36.4 Å². The van der Waals surface area contributed by atoms with E-state index in [1.54, 1.807) is 30.0 Å². The van der Waals surface area contributed by atoms with Gasteiger partial charge in [-0.05, 0) is 43.3 Å². The zero-order chi connectivity index (χ0) is 21.1. The standard InChI is InChI=1S/C20H19Cl2F2N3O2/c1-12(19(28)25-18-5-3-14(21)11-15(18)22)26-6-8-27(9-7-26)20(29)13-2-4-16(23)17(24)10-13/h2-5,10-12H,6-9H2,1H3,(H,25,28). The second-order valence-corrected chi connectivity index (χ2v) is 7.59. The summed E-state index contributed by atoms with van der Waals surface area (Å²) in [5.74, 6) is -2.64. The first kappa shape index (κ1) is 21.5. The Labute approximate surface area is 177 Å². The number of hydrogen-bond donors (Lipinski definition) is 1. The monoisotopic (exact) mass is 441 g/mol. The largest absolute Gasteiger partial charge is 0.336 e. The van der Waals surface area contributed by atoms with Gasteiger partial charge in [-0.3, -0.25) is 14.5 Å². The molecule has 0 saturated carbocycles. The summed E-state index contributed by atoms with van der Waals surface area (Å²) in [6, 6.07) is 7.47. The van der Waals surface area contributed by atoms with Crippen LogP contribution in [0.3, 0.4) is 0 Å². The lowest BCUT2D eigenvalue weighted by molar-refractivity contribution is -0.121. The quantitative estimate of drug-likeness (QED) is 0.778. The fourth-order valence-electron chi connectivity index (χ4n) is 3.12. The van der Waals surface area contributed by atoms with E-state index in [0.29, 0.717) is 41.9 Å². The van der Waals surface area contributed by atoms with Crippen LogP contribution in [0.4, 0.5) is 14.5 Å². The molecule has 9 heteroatoms. The van der Waals surface area contributed by atoms with Crippen molar-refractivity contribution in [2.75, 3.05) is 31.5 Å². The van der Waals surface area contributed by atoms with Crippen molar-refractivity contribution >= 4 is 40.7 Å². The maximum Gasteiger partial charge on any atom is 0.254 e. The summed E-state index contributed by atoms with van der Waals surface area (Å²) < 4.78 is 26.4. The van der Waals surface area contributed by atoms with Crippen LogP contribution in [-0.4, -0.2) is 53.8 Å². The Bertz CT molecular complexity index is 934. The zero-order valence-corrected chi connectivity index (χ0v) is 17.1. The lowest BCUT2D eigenvalue weighted by atomic mass is 10.1. The average molecular weight is 442 g/mol. The van der Waals surface area contributed by atoms with Gasteiger partial charge in [0.25, 0.3) is 5.91 Å². The van der Waals surface area contributed by atoms with Gasteiger partial charge in [-0.2, -0.15) is 0 Å². The molecule has 1 atom stereocenters. The number of piperazine rings is 1. The van der Waals surface area contributed by atoms with Gasteiger partial charge in [-0.1, -0.05) is 23.2 Å². The Hall–Kier alpha value is -2.22. The molecule has 1 aliphatic heterocycles. The second-order valence-electron chi connectivity index (χ2n) is 6.75. The van der Waals surface area contributed by atoms with Crippen molar-refractivity contribution in [3.05, 3.63) is 63.6 Å². The fraction of sp³-hybridized carbons (Fsp3) is 0.300. The van der Waals surface area contributed by atoms with E-state index in [-0.39, 0.29) is 17.4 Å². The molecule has 2 aromatic carbocycles. The molecule has 3 rings (SSSR count). The van der Waals surface area contributed by atoms with Gasteiger partial charge in [-0.15, -0.1) is 0 Å². The maximum atomic E-state index is 13.4. The summed E-state index contributed by atoms with van der Waals surface area (Å²) in [5, 5.41) is 3.60. The van der Waals surface area contributed by atoms with Crippen molar-refractivity contribution in [1.29, 1.82) is 0 Å². The molecule has 0 aliphatic carbocycles. The van der Waals surface area contributed by atoms with E-state index in [9.17, 15) is 18.4 Å². The highest BCUT2D eigenvalue weighted by Crippen LogP contribution is 2.25. The van der Waals surface area contributed by atoms with Gasteiger partial charge in [0.15, 0.2) is 11.6 Å². The molecule has 1 saturated heterocycles. The molecule has 0 radical (unpaired) electrons. The molecule has 2 amide bonds. The molecule has 29 heavy (non-hydrogen) atoms. The highest BCUT2D eigenvalue weighted by atomic mass is 35.5. The van der Waals surface area contributed by atoms with Crippen molar-refractivity contribution < 1.29 is 18.4 Å². The first-order valence-corrected chi connectivity index (χ1v) is 9.76. The van der Waals surface area contributed by atoms with Gasteiger partial charge < -0.3 is 10.2 Å². The van der Waals surface area contributed by atoms with E-state index in [4.69, 9.17) is 23.2 Å². The van der Waals surface area contributed by atoms with Crippen LogP contribution in [0.2, 0.25) is 10.0 Å². The lowest BCUT2D eigenvalue weighted by Crippen LogP contribution is -2.54. The van der Waals surface area contributed by atoms with Crippen LogP contribution < -0.4 is 5.32 Å². The van der Waals surface area contributed by atoms with Crippen LogP contribution in [0.25, 0.3) is 0 Å². The zero-order valence-electron chi connectivity index (χ0n) is 15.6. The summed E-state index contributed by atoms with van der Waals surface area (Å²) >= 11 is 12.0. The Balaban J connectivity index is 1.57. The van der Waals surface area contributed by atoms with Crippen LogP contribution in [0, 0.1) is 11.6 Å². The minimum atomic E-state index is -1.05. The maximum absolute atomic E-state index is 13.4. The molecule has 5 nitrogen and oxygen atoms in total. The molecule has 2 aromatic rings. The number of nitrogens with one attached hydrogen (secondary N) is 1. The Kier molecular flexibility index (Phi) is 6.72. The number of rotatable bonds is 4. The van der Waals surface area contributed by atoms with Gasteiger partial charge in [0.2, 0.25) is 5.91 Å². The predicted octanol–water partition coefficient (Wildman–Crippen LogP) is 4.06. The van der Waals surface area contributed by atoms with E-state index in [1.165, 1.54) is 6.07 Å². The topological polar surface area (TPSA) is 52.7 Å². The third-order valence-corrected chi connectivity index (χ3v) is 5.43. The van der Waals surface area contributed by atoms with E-state index >= 15 is 0 Å². The van der Waals surface area contributed by atoms with Gasteiger partial charge in [0, 0.05) is 36.8 Å². The molecule has 1 unspecified atom stereocenters. The molecule has 1 aliphatic rings. The third kappa shape index (κ3) is 5.04. The van der Waals surface area contributed by atoms with Crippen LogP contribution >= 0.6 is 23.2 Å². The molecule has 1 fully saturated rings. The molecule has 1 N–H and O–H groups in total. The van der Waals surface area contributed by atoms with Gasteiger partial charge in [0.1, 0.15) is 0 Å². The number of carbonyl (C=O) groups excluding carboxylic acids is 2. The summed E-state index contributed by atoms with van der Waals surface area (Å²) in [4.78, 5) is 28.5. The van der Waals surface area contributed by atoms with Crippen LogP contribution in [-0.2, 0) is 4.79 Å². The highest BCUT2D eigenvalue weighted by molar-refractivity contribution is 6.36. The third-order valence-electron chi connectivity index (χ3n) is 4.88. The summed E-state index contributed by atoms with van der Waals surface area (Å²) in [6.07, 6.45) is 0. The Morgan fingerprint density at radius 3 is 2.31 bits per heavy atom. The minimum absolute atomic E-state index is 0.0977. The number of halogens is 4. The van der Waals surface area contributed by atoms with Gasteiger partial charge in [-0.25, -0.2) is 8.78 Å². The highest BCUT2D eigenvalue weighted by Gasteiger charge is 2.28. The molecular formula is C20H19Cl2F2N3O2. The number of anilines is 1. The van der Waals surface area contributed by atoms with Gasteiger partial charge in [0.05, 0.1) is 16.8 Å². The minimum Gasteiger partial charge on any atom is -0.336 e. The fourth-order valence-corrected chi connectivity index (χ4v) is 3.57. The van der Waals surface area contributed by atoms with E-state index < -0.39 is 17.7 Å². The van der Waals surface area contributed by atoms with E-state index in [1.807, 2.05) is 4.90 Å². The molecule has 154 valence electrons. The molecule has 0 aromatic heterocycles. The number of hydrogen-bond acceptors (Lipinski definition) is 3. The van der Waals surface area contributed by atoms with E-state index in [0.717, 1.165) is 12.1 Å². The van der Waals surface area contributed by atoms with Crippen molar-refractivity contribution in [3.63, 3.8) is 0 Å². The van der Waals surface area contributed by atoms with Crippen molar-refractivity contribution in [2.24, 2.45) is 0 Å². The lowest BCUT2D eigenvalue weighted by Gasteiger charge is -2.37. The first-order valence-electron chi connectivity index (χ1n) is 9.00. The summed E-state index contributed by atoms with van der Waals surface area (Å²) in [5.41, 5.74) is 0.570. The smallest absolute Gasteiger partial charge is 0.254 e. The van der Waals surface area contributed by atoms with Crippen molar-refractivity contribution in [1.82, 2.24) is 9.80 Å². The normalized spacial score (nSPS) is 15.8. The molecule has 0 bridgehead atoms. The molecule has 0 spiro atoms. The van der Waals surface area contributed by atoms with Crippen LogP contribution in [0.5, 0.6) is 0 Å². The number of benzene rings is 2.